The summed E-state index contributed by atoms with van der Waals surface area (Å²) < 4.78 is 21.5. The van der Waals surface area contributed by atoms with E-state index in [1.165, 1.54) is 12.1 Å². The van der Waals surface area contributed by atoms with Gasteiger partial charge in [0.15, 0.2) is 0 Å². The fraction of sp³-hybridized carbons (Fsp3) is 0.300. The van der Waals surface area contributed by atoms with E-state index in [0.717, 1.165) is 53.7 Å². The Morgan fingerprint density at radius 2 is 2.00 bits per heavy atom. The summed E-state index contributed by atoms with van der Waals surface area (Å²) in [5.41, 5.74) is 4.93. The van der Waals surface area contributed by atoms with Crippen molar-refractivity contribution in [3.05, 3.63) is 53.6 Å². The van der Waals surface area contributed by atoms with Gasteiger partial charge in [-0.15, -0.1) is 0 Å². The molecule has 126 valence electrons. The lowest BCUT2D eigenvalue weighted by Crippen LogP contribution is -2.19. The molecular weight excluding hydrogens is 317 g/mol. The van der Waals surface area contributed by atoms with Crippen LogP contribution >= 0.6 is 0 Å². The molecule has 1 atom stereocenters. The summed E-state index contributed by atoms with van der Waals surface area (Å²) in [6, 6.07) is 12.2. The molecule has 2 aromatic heterocycles. The number of pyridine rings is 1. The summed E-state index contributed by atoms with van der Waals surface area (Å²) >= 11 is 0. The van der Waals surface area contributed by atoms with Crippen molar-refractivity contribution >= 4 is 11.0 Å². The second kappa shape index (κ2) is 6.30. The predicted octanol–water partition coefficient (Wildman–Crippen LogP) is 4.72. The van der Waals surface area contributed by atoms with Crippen molar-refractivity contribution in [3.63, 3.8) is 0 Å². The van der Waals surface area contributed by atoms with Gasteiger partial charge in [-0.05, 0) is 56.0 Å². The van der Waals surface area contributed by atoms with Crippen LogP contribution in [0.3, 0.4) is 0 Å². The van der Waals surface area contributed by atoms with E-state index in [1.54, 1.807) is 18.2 Å². The number of hydrogen-bond acceptors (Lipinski definition) is 3. The molecule has 3 heterocycles. The molecule has 1 saturated heterocycles. The highest BCUT2D eigenvalue weighted by atomic mass is 19.1. The normalized spacial score (nSPS) is 17.6. The van der Waals surface area contributed by atoms with Crippen molar-refractivity contribution < 1.29 is 9.13 Å². The summed E-state index contributed by atoms with van der Waals surface area (Å²) in [6.45, 7) is 2.78. The first-order chi connectivity index (χ1) is 12.2. The topological polar surface area (TPSA) is 50.8 Å². The lowest BCUT2D eigenvalue weighted by atomic mass is 10.0. The van der Waals surface area contributed by atoms with Crippen LogP contribution in [0.25, 0.3) is 22.2 Å². The van der Waals surface area contributed by atoms with E-state index in [2.05, 4.69) is 15.6 Å². The van der Waals surface area contributed by atoms with E-state index >= 15 is 0 Å². The van der Waals surface area contributed by atoms with Crippen LogP contribution in [0.5, 0.6) is 0 Å². The van der Waals surface area contributed by atoms with Crippen LogP contribution in [-0.4, -0.2) is 16.2 Å². The third-order valence-corrected chi connectivity index (χ3v) is 4.78. The van der Waals surface area contributed by atoms with Crippen LogP contribution < -0.4 is 0 Å². The molecule has 1 aliphatic rings. The minimum atomic E-state index is -0.272. The SMILES string of the molecule is Cc1c(-c2ccc(F)cc2)c2nc(C#N)ccc2n1C1CCCCO1. The molecule has 0 aliphatic carbocycles. The smallest absolute Gasteiger partial charge is 0.141 e. The number of ether oxygens (including phenoxy) is 1. The van der Waals surface area contributed by atoms with Gasteiger partial charge in [0.2, 0.25) is 0 Å². The number of rotatable bonds is 2. The molecule has 25 heavy (non-hydrogen) atoms. The predicted molar refractivity (Wildman–Crippen MR) is 93.4 cm³/mol. The minimum absolute atomic E-state index is 0.0276. The average molecular weight is 335 g/mol. The van der Waals surface area contributed by atoms with Gasteiger partial charge in [-0.1, -0.05) is 12.1 Å². The van der Waals surface area contributed by atoms with Gasteiger partial charge in [-0.3, -0.25) is 0 Å². The van der Waals surface area contributed by atoms with Gasteiger partial charge < -0.3 is 9.30 Å². The van der Waals surface area contributed by atoms with Crippen LogP contribution in [0.4, 0.5) is 4.39 Å². The molecule has 0 N–H and O–H groups in total. The molecule has 0 amide bonds. The summed E-state index contributed by atoms with van der Waals surface area (Å²) in [6.07, 6.45) is 3.13. The Morgan fingerprint density at radius 1 is 1.20 bits per heavy atom. The highest BCUT2D eigenvalue weighted by Gasteiger charge is 2.24. The van der Waals surface area contributed by atoms with Crippen molar-refractivity contribution in [3.8, 4) is 17.2 Å². The summed E-state index contributed by atoms with van der Waals surface area (Å²) in [5, 5.41) is 9.23. The highest BCUT2D eigenvalue weighted by molar-refractivity contribution is 5.95. The quantitative estimate of drug-likeness (QED) is 0.681. The van der Waals surface area contributed by atoms with Crippen molar-refractivity contribution in [1.29, 1.82) is 5.26 Å². The number of benzene rings is 1. The maximum absolute atomic E-state index is 13.3. The summed E-state index contributed by atoms with van der Waals surface area (Å²) in [7, 11) is 0. The van der Waals surface area contributed by atoms with Gasteiger partial charge in [0.1, 0.15) is 23.8 Å². The fourth-order valence-electron chi connectivity index (χ4n) is 3.63. The first kappa shape index (κ1) is 15.8. The second-order valence-electron chi connectivity index (χ2n) is 6.33. The Balaban J connectivity index is 1.98. The fourth-order valence-corrected chi connectivity index (χ4v) is 3.63. The van der Waals surface area contributed by atoms with E-state index in [-0.39, 0.29) is 12.0 Å². The molecule has 4 nitrogen and oxygen atoms in total. The number of nitriles is 1. The monoisotopic (exact) mass is 335 g/mol. The van der Waals surface area contributed by atoms with E-state index in [1.807, 2.05) is 13.0 Å². The molecule has 3 aromatic rings. The van der Waals surface area contributed by atoms with E-state index in [9.17, 15) is 9.65 Å². The number of hydrogen-bond donors (Lipinski definition) is 0. The minimum Gasteiger partial charge on any atom is -0.358 e. The zero-order valence-electron chi connectivity index (χ0n) is 14.0. The largest absolute Gasteiger partial charge is 0.358 e. The van der Waals surface area contributed by atoms with Gasteiger partial charge in [0.25, 0.3) is 0 Å². The standard InChI is InChI=1S/C20H18FN3O/c1-13-19(14-5-7-15(21)8-6-14)20-17(10-9-16(12-22)23-20)24(13)18-4-2-3-11-25-18/h5-10,18H,2-4,11H2,1H3. The van der Waals surface area contributed by atoms with E-state index < -0.39 is 0 Å². The van der Waals surface area contributed by atoms with Crippen LogP contribution in [-0.2, 0) is 4.74 Å². The van der Waals surface area contributed by atoms with Crippen molar-refractivity contribution in [2.24, 2.45) is 0 Å². The molecule has 1 fully saturated rings. The first-order valence-corrected chi connectivity index (χ1v) is 8.48. The third-order valence-electron chi connectivity index (χ3n) is 4.78. The highest BCUT2D eigenvalue weighted by Crippen LogP contribution is 2.38. The first-order valence-electron chi connectivity index (χ1n) is 8.48. The molecule has 1 unspecified atom stereocenters. The molecule has 4 rings (SSSR count). The molecule has 0 bridgehead atoms. The van der Waals surface area contributed by atoms with E-state index in [4.69, 9.17) is 4.74 Å². The average Bonchev–Trinajstić information content (AvgIpc) is 2.94. The van der Waals surface area contributed by atoms with Crippen molar-refractivity contribution in [1.82, 2.24) is 9.55 Å². The van der Waals surface area contributed by atoms with Gasteiger partial charge >= 0.3 is 0 Å². The molecule has 1 aromatic carbocycles. The van der Waals surface area contributed by atoms with Crippen LogP contribution in [0, 0.1) is 24.1 Å². The van der Waals surface area contributed by atoms with Crippen molar-refractivity contribution in [2.45, 2.75) is 32.4 Å². The van der Waals surface area contributed by atoms with Gasteiger partial charge in [-0.2, -0.15) is 5.26 Å². The molecule has 0 spiro atoms. The maximum Gasteiger partial charge on any atom is 0.141 e. The van der Waals surface area contributed by atoms with Gasteiger partial charge in [0.05, 0.1) is 11.0 Å². The Bertz CT molecular complexity index is 963. The Kier molecular flexibility index (Phi) is 3.98. The molecule has 1 aliphatic heterocycles. The van der Waals surface area contributed by atoms with Crippen LogP contribution in [0.1, 0.15) is 36.9 Å². The molecule has 0 radical (unpaired) electrons. The summed E-state index contributed by atoms with van der Waals surface area (Å²) in [4.78, 5) is 4.54. The van der Waals surface area contributed by atoms with Crippen LogP contribution in [0.2, 0.25) is 0 Å². The maximum atomic E-state index is 13.3. The number of nitrogens with zero attached hydrogens (tertiary/aromatic N) is 3. The number of aromatic nitrogens is 2. The zero-order valence-corrected chi connectivity index (χ0v) is 14.0. The Morgan fingerprint density at radius 3 is 2.68 bits per heavy atom. The lowest BCUT2D eigenvalue weighted by Gasteiger charge is -2.26. The number of halogens is 1. The molecule has 5 heteroatoms. The number of fused-ring (bicyclic) bond motifs is 1. The van der Waals surface area contributed by atoms with Crippen molar-refractivity contribution in [2.75, 3.05) is 6.61 Å². The van der Waals surface area contributed by atoms with E-state index in [0.29, 0.717) is 5.69 Å². The second-order valence-corrected chi connectivity index (χ2v) is 6.33. The van der Waals surface area contributed by atoms with Crippen LogP contribution in [0.15, 0.2) is 36.4 Å². The molecular formula is C20H18FN3O. The van der Waals surface area contributed by atoms with Gasteiger partial charge in [-0.25, -0.2) is 9.37 Å². The zero-order chi connectivity index (χ0) is 17.4. The lowest BCUT2D eigenvalue weighted by molar-refractivity contribution is -0.0301. The third kappa shape index (κ3) is 2.69. The Labute approximate surface area is 145 Å². The molecule has 0 saturated carbocycles. The van der Waals surface area contributed by atoms with Gasteiger partial charge in [0, 0.05) is 17.9 Å². The Hall–Kier alpha value is -2.71. The summed E-state index contributed by atoms with van der Waals surface area (Å²) in [5.74, 6) is -0.272.